The zero-order valence-electron chi connectivity index (χ0n) is 12.2. The van der Waals surface area contributed by atoms with Crippen LogP contribution in [0.1, 0.15) is 26.2 Å². The minimum Gasteiger partial charge on any atom is -0.481 e. The van der Waals surface area contributed by atoms with Crippen LogP contribution in [0.2, 0.25) is 0 Å². The molecule has 20 heavy (non-hydrogen) atoms. The van der Waals surface area contributed by atoms with Crippen molar-refractivity contribution in [2.45, 2.75) is 26.2 Å². The number of likely N-dealkylation sites (tertiary alicyclic amines) is 1. The Hall–Kier alpha value is -1.14. The number of nitrogens with one attached hydrogen (secondary N) is 1. The SMILES string of the molecule is CCC1(C(=O)O)CCN(C(=O)CN2CCNCC2)CC1. The second kappa shape index (κ2) is 6.54. The van der Waals surface area contributed by atoms with Gasteiger partial charge in [0.1, 0.15) is 0 Å². The number of piperazine rings is 1. The highest BCUT2D eigenvalue weighted by Crippen LogP contribution is 2.35. The molecule has 6 nitrogen and oxygen atoms in total. The number of carboxylic acid groups (broad SMARTS) is 1. The molecule has 0 spiro atoms. The molecular weight excluding hydrogens is 258 g/mol. The van der Waals surface area contributed by atoms with Crippen LogP contribution in [-0.2, 0) is 9.59 Å². The predicted octanol–water partition coefficient (Wildman–Crippen LogP) is -0.00500. The fraction of sp³-hybridized carbons (Fsp3) is 0.857. The molecule has 0 bridgehead atoms. The van der Waals surface area contributed by atoms with E-state index in [0.717, 1.165) is 26.2 Å². The molecule has 0 aromatic carbocycles. The summed E-state index contributed by atoms with van der Waals surface area (Å²) in [4.78, 5) is 27.6. The molecule has 2 N–H and O–H groups in total. The standard InChI is InChI=1S/C14H25N3O3/c1-2-14(13(19)20)3-7-17(8-4-14)12(18)11-16-9-5-15-6-10-16/h15H,2-11H2,1H3,(H,19,20). The van der Waals surface area contributed by atoms with E-state index in [1.165, 1.54) is 0 Å². The average molecular weight is 283 g/mol. The maximum absolute atomic E-state index is 12.3. The van der Waals surface area contributed by atoms with Crippen molar-refractivity contribution in [1.82, 2.24) is 15.1 Å². The zero-order chi connectivity index (χ0) is 14.6. The third kappa shape index (κ3) is 3.30. The molecule has 0 radical (unpaired) electrons. The van der Waals surface area contributed by atoms with Crippen molar-refractivity contribution in [3.8, 4) is 0 Å². The molecule has 2 aliphatic heterocycles. The van der Waals surface area contributed by atoms with Gasteiger partial charge in [0.15, 0.2) is 0 Å². The highest BCUT2D eigenvalue weighted by atomic mass is 16.4. The normalized spacial score (nSPS) is 23.6. The van der Waals surface area contributed by atoms with Crippen LogP contribution < -0.4 is 5.32 Å². The summed E-state index contributed by atoms with van der Waals surface area (Å²) in [7, 11) is 0. The minimum atomic E-state index is -0.714. The van der Waals surface area contributed by atoms with E-state index in [9.17, 15) is 14.7 Å². The number of aliphatic carboxylic acids is 1. The molecule has 114 valence electrons. The lowest BCUT2D eigenvalue weighted by Crippen LogP contribution is -2.51. The Balaban J connectivity index is 1.83. The van der Waals surface area contributed by atoms with Gasteiger partial charge in [-0.1, -0.05) is 6.92 Å². The molecule has 0 saturated carbocycles. The third-order valence-electron chi connectivity index (χ3n) is 4.77. The van der Waals surface area contributed by atoms with Gasteiger partial charge in [0.05, 0.1) is 12.0 Å². The van der Waals surface area contributed by atoms with Gasteiger partial charge in [0, 0.05) is 39.3 Å². The zero-order valence-corrected chi connectivity index (χ0v) is 12.2. The number of rotatable bonds is 4. The Morgan fingerprint density at radius 1 is 1.15 bits per heavy atom. The highest BCUT2D eigenvalue weighted by molar-refractivity contribution is 5.79. The summed E-state index contributed by atoms with van der Waals surface area (Å²) in [6, 6.07) is 0. The van der Waals surface area contributed by atoms with Gasteiger partial charge in [-0.2, -0.15) is 0 Å². The number of carboxylic acids is 1. The summed E-state index contributed by atoms with van der Waals surface area (Å²) in [5.74, 6) is -0.573. The first-order valence-electron chi connectivity index (χ1n) is 7.52. The van der Waals surface area contributed by atoms with Gasteiger partial charge in [-0.25, -0.2) is 0 Å². The smallest absolute Gasteiger partial charge is 0.309 e. The highest BCUT2D eigenvalue weighted by Gasteiger charge is 2.40. The van der Waals surface area contributed by atoms with Crippen molar-refractivity contribution in [2.75, 3.05) is 45.8 Å². The summed E-state index contributed by atoms with van der Waals surface area (Å²) in [6.07, 6.45) is 1.79. The Kier molecular flexibility index (Phi) is 4.99. The molecule has 0 atom stereocenters. The van der Waals surface area contributed by atoms with Crippen LogP contribution >= 0.6 is 0 Å². The maximum atomic E-state index is 12.3. The van der Waals surface area contributed by atoms with Gasteiger partial charge in [-0.3, -0.25) is 14.5 Å². The van der Waals surface area contributed by atoms with E-state index < -0.39 is 11.4 Å². The van der Waals surface area contributed by atoms with E-state index in [-0.39, 0.29) is 5.91 Å². The lowest BCUT2D eigenvalue weighted by atomic mass is 9.76. The Morgan fingerprint density at radius 3 is 2.25 bits per heavy atom. The summed E-state index contributed by atoms with van der Waals surface area (Å²) >= 11 is 0. The van der Waals surface area contributed by atoms with Crippen LogP contribution in [0.4, 0.5) is 0 Å². The van der Waals surface area contributed by atoms with Gasteiger partial charge in [0.2, 0.25) is 5.91 Å². The first-order valence-corrected chi connectivity index (χ1v) is 7.52. The Bertz CT molecular complexity index is 359. The quantitative estimate of drug-likeness (QED) is 0.759. The molecule has 6 heteroatoms. The van der Waals surface area contributed by atoms with E-state index in [4.69, 9.17) is 0 Å². The molecule has 2 saturated heterocycles. The third-order valence-corrected chi connectivity index (χ3v) is 4.77. The number of piperidine rings is 1. The average Bonchev–Trinajstić information content (AvgIpc) is 2.48. The predicted molar refractivity (Wildman–Crippen MR) is 75.5 cm³/mol. The number of hydrogen-bond donors (Lipinski definition) is 2. The topological polar surface area (TPSA) is 72.9 Å². The van der Waals surface area contributed by atoms with Crippen LogP contribution in [0.3, 0.4) is 0 Å². The molecule has 0 aromatic heterocycles. The summed E-state index contributed by atoms with van der Waals surface area (Å²) in [5, 5.41) is 12.6. The lowest BCUT2D eigenvalue weighted by molar-refractivity contribution is -0.154. The Morgan fingerprint density at radius 2 is 1.75 bits per heavy atom. The number of amides is 1. The largest absolute Gasteiger partial charge is 0.481 e. The monoisotopic (exact) mass is 283 g/mol. The fourth-order valence-electron chi connectivity index (χ4n) is 3.06. The van der Waals surface area contributed by atoms with Crippen LogP contribution in [0, 0.1) is 5.41 Å². The van der Waals surface area contributed by atoms with Gasteiger partial charge in [-0.15, -0.1) is 0 Å². The van der Waals surface area contributed by atoms with Crippen LogP contribution in [0.15, 0.2) is 0 Å². The van der Waals surface area contributed by atoms with Crippen molar-refractivity contribution in [2.24, 2.45) is 5.41 Å². The van der Waals surface area contributed by atoms with Crippen LogP contribution in [-0.4, -0.2) is 72.6 Å². The van der Waals surface area contributed by atoms with Crippen molar-refractivity contribution >= 4 is 11.9 Å². The minimum absolute atomic E-state index is 0.141. The van der Waals surface area contributed by atoms with Crippen molar-refractivity contribution < 1.29 is 14.7 Å². The molecule has 1 amide bonds. The summed E-state index contributed by atoms with van der Waals surface area (Å²) in [5.41, 5.74) is -0.619. The van der Waals surface area contributed by atoms with Crippen LogP contribution in [0.25, 0.3) is 0 Å². The van der Waals surface area contributed by atoms with Crippen molar-refractivity contribution in [3.05, 3.63) is 0 Å². The summed E-state index contributed by atoms with van der Waals surface area (Å²) < 4.78 is 0. The molecule has 2 heterocycles. The van der Waals surface area contributed by atoms with E-state index in [1.54, 1.807) is 0 Å². The molecular formula is C14H25N3O3. The van der Waals surface area contributed by atoms with Crippen molar-refractivity contribution in [1.29, 1.82) is 0 Å². The second-order valence-electron chi connectivity index (χ2n) is 5.85. The van der Waals surface area contributed by atoms with E-state index in [0.29, 0.717) is 38.9 Å². The molecule has 0 aromatic rings. The molecule has 0 aliphatic carbocycles. The molecule has 2 fully saturated rings. The lowest BCUT2D eigenvalue weighted by Gasteiger charge is -2.39. The van der Waals surface area contributed by atoms with Gasteiger partial charge in [0.25, 0.3) is 0 Å². The first kappa shape index (κ1) is 15.3. The fourth-order valence-corrected chi connectivity index (χ4v) is 3.06. The second-order valence-corrected chi connectivity index (χ2v) is 5.85. The number of nitrogens with zero attached hydrogens (tertiary/aromatic N) is 2. The van der Waals surface area contributed by atoms with E-state index >= 15 is 0 Å². The molecule has 2 aliphatic rings. The number of carbonyl (C=O) groups is 2. The van der Waals surface area contributed by atoms with E-state index in [2.05, 4.69) is 10.2 Å². The van der Waals surface area contributed by atoms with Crippen LogP contribution in [0.5, 0.6) is 0 Å². The van der Waals surface area contributed by atoms with Gasteiger partial charge >= 0.3 is 5.97 Å². The Labute approximate surface area is 120 Å². The number of carbonyl (C=O) groups excluding carboxylic acids is 1. The molecule has 0 unspecified atom stereocenters. The van der Waals surface area contributed by atoms with Gasteiger partial charge < -0.3 is 15.3 Å². The summed E-state index contributed by atoms with van der Waals surface area (Å²) in [6.45, 7) is 7.23. The van der Waals surface area contributed by atoms with E-state index in [1.807, 2.05) is 11.8 Å². The first-order chi connectivity index (χ1) is 9.57. The van der Waals surface area contributed by atoms with Crippen molar-refractivity contribution in [3.63, 3.8) is 0 Å². The number of hydrogen-bond acceptors (Lipinski definition) is 4. The maximum Gasteiger partial charge on any atom is 0.309 e. The molecule has 2 rings (SSSR count). The van der Waals surface area contributed by atoms with Gasteiger partial charge in [-0.05, 0) is 19.3 Å².